The number of ether oxygens (including phenoxy) is 2. The first-order valence-electron chi connectivity index (χ1n) is 5.12. The van der Waals surface area contributed by atoms with Gasteiger partial charge in [0.1, 0.15) is 11.5 Å². The van der Waals surface area contributed by atoms with Crippen LogP contribution < -0.4 is 15.2 Å². The van der Waals surface area contributed by atoms with Gasteiger partial charge in [-0.3, -0.25) is 0 Å². The Kier molecular flexibility index (Phi) is 4.42. The van der Waals surface area contributed by atoms with Crippen LogP contribution in [-0.4, -0.2) is 24.7 Å². The van der Waals surface area contributed by atoms with Gasteiger partial charge >= 0.3 is 6.36 Å². The van der Waals surface area contributed by atoms with Crippen molar-refractivity contribution in [2.75, 3.05) is 7.11 Å². The normalized spacial score (nSPS) is 15.1. The molecule has 0 spiro atoms. The number of hydrogen-bond donors (Lipinski definition) is 2. The SMILES string of the molecule is COc1cc(OC(F)(F)F)ccc1[C@H](N)[C@@H](C)O. The molecule has 102 valence electrons. The number of benzene rings is 1. The second-order valence-corrected chi connectivity index (χ2v) is 3.72. The molecule has 0 bridgehead atoms. The number of aliphatic hydroxyl groups excluding tert-OH is 1. The first-order chi connectivity index (χ1) is 8.24. The summed E-state index contributed by atoms with van der Waals surface area (Å²) in [5, 5.41) is 9.36. The Morgan fingerprint density at radius 3 is 2.39 bits per heavy atom. The molecule has 0 aromatic heterocycles. The van der Waals surface area contributed by atoms with Crippen LogP contribution in [0.1, 0.15) is 18.5 Å². The molecule has 0 aliphatic rings. The minimum absolute atomic E-state index is 0.130. The zero-order valence-corrected chi connectivity index (χ0v) is 9.86. The summed E-state index contributed by atoms with van der Waals surface area (Å²) >= 11 is 0. The van der Waals surface area contributed by atoms with Crippen LogP contribution in [0, 0.1) is 0 Å². The molecule has 2 atom stereocenters. The second kappa shape index (κ2) is 5.45. The van der Waals surface area contributed by atoms with Gasteiger partial charge in [-0.25, -0.2) is 0 Å². The van der Waals surface area contributed by atoms with Crippen molar-refractivity contribution in [2.24, 2.45) is 5.73 Å². The smallest absolute Gasteiger partial charge is 0.496 e. The average molecular weight is 265 g/mol. The Labute approximate surface area is 102 Å². The lowest BCUT2D eigenvalue weighted by Gasteiger charge is -2.19. The van der Waals surface area contributed by atoms with Crippen LogP contribution >= 0.6 is 0 Å². The van der Waals surface area contributed by atoms with Gasteiger partial charge < -0.3 is 20.3 Å². The van der Waals surface area contributed by atoms with Gasteiger partial charge in [-0.2, -0.15) is 0 Å². The van der Waals surface area contributed by atoms with Crippen molar-refractivity contribution >= 4 is 0 Å². The van der Waals surface area contributed by atoms with Gasteiger partial charge in [0.2, 0.25) is 0 Å². The Hall–Kier alpha value is -1.47. The molecule has 7 heteroatoms. The predicted molar refractivity (Wildman–Crippen MR) is 58.3 cm³/mol. The molecule has 0 fully saturated rings. The van der Waals surface area contributed by atoms with Gasteiger partial charge in [-0.1, -0.05) is 0 Å². The molecule has 1 rings (SSSR count). The molecule has 1 aromatic rings. The van der Waals surface area contributed by atoms with E-state index in [0.717, 1.165) is 12.1 Å². The van der Waals surface area contributed by atoms with Crippen LogP contribution in [0.25, 0.3) is 0 Å². The maximum absolute atomic E-state index is 12.0. The van der Waals surface area contributed by atoms with Crippen molar-refractivity contribution in [1.29, 1.82) is 0 Å². The van der Waals surface area contributed by atoms with Gasteiger partial charge in [-0.15, -0.1) is 13.2 Å². The van der Waals surface area contributed by atoms with Crippen molar-refractivity contribution in [3.05, 3.63) is 23.8 Å². The molecular formula is C11H14F3NO3. The molecule has 18 heavy (non-hydrogen) atoms. The minimum Gasteiger partial charge on any atom is -0.496 e. The van der Waals surface area contributed by atoms with E-state index in [4.69, 9.17) is 10.5 Å². The highest BCUT2D eigenvalue weighted by molar-refractivity contribution is 5.42. The summed E-state index contributed by atoms with van der Waals surface area (Å²) in [6, 6.07) is 2.77. The molecule has 1 aromatic carbocycles. The van der Waals surface area contributed by atoms with E-state index >= 15 is 0 Å². The third-order valence-corrected chi connectivity index (χ3v) is 2.32. The molecule has 3 N–H and O–H groups in total. The van der Waals surface area contributed by atoms with Crippen molar-refractivity contribution in [2.45, 2.75) is 25.4 Å². The highest BCUT2D eigenvalue weighted by Crippen LogP contribution is 2.32. The lowest BCUT2D eigenvalue weighted by molar-refractivity contribution is -0.274. The van der Waals surface area contributed by atoms with E-state index in [-0.39, 0.29) is 5.75 Å². The van der Waals surface area contributed by atoms with Crippen LogP contribution in [-0.2, 0) is 0 Å². The summed E-state index contributed by atoms with van der Waals surface area (Å²) in [7, 11) is 1.30. The average Bonchev–Trinajstić information content (AvgIpc) is 2.25. The number of halogens is 3. The van der Waals surface area contributed by atoms with E-state index in [2.05, 4.69) is 4.74 Å². The zero-order chi connectivity index (χ0) is 13.9. The highest BCUT2D eigenvalue weighted by atomic mass is 19.4. The fourth-order valence-electron chi connectivity index (χ4n) is 1.42. The molecule has 0 aliphatic heterocycles. The first kappa shape index (κ1) is 14.6. The van der Waals surface area contributed by atoms with Crippen LogP contribution in [0.4, 0.5) is 13.2 Å². The van der Waals surface area contributed by atoms with E-state index in [1.165, 1.54) is 20.1 Å². The van der Waals surface area contributed by atoms with Crippen LogP contribution in [0.2, 0.25) is 0 Å². The molecule has 4 nitrogen and oxygen atoms in total. The molecule has 0 aliphatic carbocycles. The van der Waals surface area contributed by atoms with Crippen LogP contribution in [0.15, 0.2) is 18.2 Å². The number of alkyl halides is 3. The second-order valence-electron chi connectivity index (χ2n) is 3.72. The monoisotopic (exact) mass is 265 g/mol. The van der Waals surface area contributed by atoms with Crippen LogP contribution in [0.5, 0.6) is 11.5 Å². The largest absolute Gasteiger partial charge is 0.573 e. The van der Waals surface area contributed by atoms with Crippen molar-refractivity contribution in [3.8, 4) is 11.5 Å². The number of methoxy groups -OCH3 is 1. The molecule has 0 heterocycles. The fourth-order valence-corrected chi connectivity index (χ4v) is 1.42. The van der Waals surface area contributed by atoms with Crippen molar-refractivity contribution < 1.29 is 27.8 Å². The molecule has 0 amide bonds. The van der Waals surface area contributed by atoms with E-state index < -0.39 is 24.3 Å². The maximum atomic E-state index is 12.0. The molecule has 0 saturated heterocycles. The van der Waals surface area contributed by atoms with Gasteiger partial charge in [0.25, 0.3) is 0 Å². The minimum atomic E-state index is -4.76. The zero-order valence-electron chi connectivity index (χ0n) is 9.86. The maximum Gasteiger partial charge on any atom is 0.573 e. The van der Waals surface area contributed by atoms with E-state index in [1.54, 1.807) is 0 Å². The third-order valence-electron chi connectivity index (χ3n) is 2.32. The lowest BCUT2D eigenvalue weighted by atomic mass is 10.0. The van der Waals surface area contributed by atoms with Gasteiger partial charge in [-0.05, 0) is 19.1 Å². The van der Waals surface area contributed by atoms with E-state index in [9.17, 15) is 18.3 Å². The highest BCUT2D eigenvalue weighted by Gasteiger charge is 2.31. The lowest BCUT2D eigenvalue weighted by Crippen LogP contribution is -2.24. The van der Waals surface area contributed by atoms with E-state index in [1.807, 2.05) is 0 Å². The molecule has 0 saturated carbocycles. The number of aliphatic hydroxyl groups is 1. The Bertz CT molecular complexity index is 407. The summed E-state index contributed by atoms with van der Waals surface area (Å²) in [5.74, 6) is -0.272. The molecular weight excluding hydrogens is 251 g/mol. The first-order valence-corrected chi connectivity index (χ1v) is 5.12. The topological polar surface area (TPSA) is 64.7 Å². The van der Waals surface area contributed by atoms with E-state index in [0.29, 0.717) is 5.56 Å². The number of hydrogen-bond acceptors (Lipinski definition) is 4. The summed E-state index contributed by atoms with van der Waals surface area (Å²) in [6.45, 7) is 1.48. The summed E-state index contributed by atoms with van der Waals surface area (Å²) in [5.41, 5.74) is 6.10. The predicted octanol–water partition coefficient (Wildman–Crippen LogP) is 1.97. The molecule has 0 unspecified atom stereocenters. The number of rotatable bonds is 4. The third kappa shape index (κ3) is 3.78. The Balaban J connectivity index is 3.04. The van der Waals surface area contributed by atoms with Crippen LogP contribution in [0.3, 0.4) is 0 Å². The summed E-state index contributed by atoms with van der Waals surface area (Å²) in [6.07, 6.45) is -5.62. The summed E-state index contributed by atoms with van der Waals surface area (Å²) in [4.78, 5) is 0. The number of nitrogens with two attached hydrogens (primary N) is 1. The van der Waals surface area contributed by atoms with Crippen molar-refractivity contribution in [3.63, 3.8) is 0 Å². The quantitative estimate of drug-likeness (QED) is 0.873. The standard InChI is InChI=1S/C11H14F3NO3/c1-6(16)10(15)8-4-3-7(5-9(8)17-2)18-11(12,13)14/h3-6,10,16H,15H2,1-2H3/t6-,10-/m1/s1. The Morgan fingerprint density at radius 2 is 1.94 bits per heavy atom. The molecule has 0 radical (unpaired) electrons. The van der Waals surface area contributed by atoms with Gasteiger partial charge in [0.15, 0.2) is 0 Å². The fraction of sp³-hybridized carbons (Fsp3) is 0.455. The van der Waals surface area contributed by atoms with Crippen molar-refractivity contribution in [1.82, 2.24) is 0 Å². The Morgan fingerprint density at radius 1 is 1.33 bits per heavy atom. The van der Waals surface area contributed by atoms with Gasteiger partial charge in [0, 0.05) is 11.6 Å². The van der Waals surface area contributed by atoms with Gasteiger partial charge in [0.05, 0.1) is 19.3 Å². The summed E-state index contributed by atoms with van der Waals surface area (Å²) < 4.78 is 44.8.